The molecule has 1 heterocycles. The lowest BCUT2D eigenvalue weighted by Gasteiger charge is -2.09. The fraction of sp³-hybridized carbons (Fsp3) is 1.00. The number of alkyl halides is 1. The lowest BCUT2D eigenvalue weighted by molar-refractivity contribution is 0.491. The summed E-state index contributed by atoms with van der Waals surface area (Å²) in [5.74, 6) is 2.57. The highest BCUT2D eigenvalue weighted by Crippen LogP contribution is 2.37. The van der Waals surface area contributed by atoms with E-state index < -0.39 is 0 Å². The number of piperidine rings is 1. The minimum atomic E-state index is 0.771. The summed E-state index contributed by atoms with van der Waals surface area (Å²) in [7, 11) is 0. The molecule has 9 heavy (non-hydrogen) atoms. The Balaban J connectivity index is 2.08. The second kappa shape index (κ2) is 2.14. The predicted octanol–water partition coefficient (Wildman–Crippen LogP) is 1.22. The molecule has 3 unspecified atom stereocenters. The van der Waals surface area contributed by atoms with E-state index in [0.717, 1.165) is 23.8 Å². The summed E-state index contributed by atoms with van der Waals surface area (Å²) < 4.78 is 0. The standard InChI is InChI=1S/C7H12ClN/c8-3-6-5-1-2-7(6)9-4-5/h5-7,9H,1-4H2. The summed E-state index contributed by atoms with van der Waals surface area (Å²) in [6.07, 6.45) is 2.77. The van der Waals surface area contributed by atoms with Gasteiger partial charge in [0, 0.05) is 11.9 Å². The average Bonchev–Trinajstić information content (AvgIpc) is 2.44. The third kappa shape index (κ3) is 0.786. The quantitative estimate of drug-likeness (QED) is 0.548. The van der Waals surface area contributed by atoms with Crippen molar-refractivity contribution in [3.8, 4) is 0 Å². The van der Waals surface area contributed by atoms with Crippen molar-refractivity contribution in [1.29, 1.82) is 0 Å². The summed E-state index contributed by atoms with van der Waals surface area (Å²) in [5, 5.41) is 3.47. The lowest BCUT2D eigenvalue weighted by atomic mass is 10.0. The first-order valence-corrected chi connectivity index (χ1v) is 4.24. The topological polar surface area (TPSA) is 12.0 Å². The smallest absolute Gasteiger partial charge is 0.0269 e. The Kier molecular flexibility index (Phi) is 1.42. The Hall–Kier alpha value is 0.250. The Morgan fingerprint density at radius 2 is 2.33 bits per heavy atom. The third-order valence-electron chi connectivity index (χ3n) is 2.79. The maximum atomic E-state index is 5.80. The fourth-order valence-corrected chi connectivity index (χ4v) is 2.66. The molecule has 2 aliphatic rings. The van der Waals surface area contributed by atoms with E-state index in [4.69, 9.17) is 11.6 Å². The molecule has 1 aliphatic heterocycles. The largest absolute Gasteiger partial charge is 0.313 e. The monoisotopic (exact) mass is 145 g/mol. The molecule has 2 rings (SSSR count). The molecule has 1 aliphatic carbocycles. The molecule has 0 aromatic rings. The molecule has 0 radical (unpaired) electrons. The van der Waals surface area contributed by atoms with E-state index in [9.17, 15) is 0 Å². The van der Waals surface area contributed by atoms with Crippen LogP contribution in [-0.2, 0) is 0 Å². The van der Waals surface area contributed by atoms with Crippen LogP contribution in [0, 0.1) is 11.8 Å². The van der Waals surface area contributed by atoms with Crippen LogP contribution in [0.4, 0.5) is 0 Å². The third-order valence-corrected chi connectivity index (χ3v) is 3.15. The predicted molar refractivity (Wildman–Crippen MR) is 38.7 cm³/mol. The molecule has 1 saturated heterocycles. The van der Waals surface area contributed by atoms with Gasteiger partial charge in [-0.1, -0.05) is 0 Å². The fourth-order valence-electron chi connectivity index (χ4n) is 2.19. The van der Waals surface area contributed by atoms with Crippen LogP contribution in [0.25, 0.3) is 0 Å². The van der Waals surface area contributed by atoms with Crippen molar-refractivity contribution in [1.82, 2.24) is 5.32 Å². The zero-order chi connectivity index (χ0) is 6.27. The van der Waals surface area contributed by atoms with Crippen LogP contribution in [-0.4, -0.2) is 18.5 Å². The molecule has 2 heteroatoms. The molecule has 0 spiro atoms. The number of hydrogen-bond donors (Lipinski definition) is 1. The van der Waals surface area contributed by atoms with Gasteiger partial charge in [0.25, 0.3) is 0 Å². The van der Waals surface area contributed by atoms with Crippen molar-refractivity contribution in [3.63, 3.8) is 0 Å². The van der Waals surface area contributed by atoms with Crippen molar-refractivity contribution >= 4 is 11.6 Å². The first kappa shape index (κ1) is 5.99. The molecule has 2 fully saturated rings. The molecule has 0 amide bonds. The number of nitrogens with one attached hydrogen (secondary N) is 1. The summed E-state index contributed by atoms with van der Waals surface area (Å²) >= 11 is 5.80. The normalized spacial score (nSPS) is 48.3. The van der Waals surface area contributed by atoms with E-state index in [1.54, 1.807) is 0 Å². The van der Waals surface area contributed by atoms with Gasteiger partial charge in [-0.15, -0.1) is 11.6 Å². The van der Waals surface area contributed by atoms with Crippen molar-refractivity contribution < 1.29 is 0 Å². The minimum Gasteiger partial charge on any atom is -0.313 e. The molecule has 1 saturated carbocycles. The second-order valence-corrected chi connectivity index (χ2v) is 3.48. The molecule has 1 nitrogen and oxygen atoms in total. The highest BCUT2D eigenvalue weighted by Gasteiger charge is 2.40. The first-order valence-electron chi connectivity index (χ1n) is 3.71. The first-order chi connectivity index (χ1) is 4.42. The van der Waals surface area contributed by atoms with Crippen LogP contribution in [0.5, 0.6) is 0 Å². The second-order valence-electron chi connectivity index (χ2n) is 3.17. The van der Waals surface area contributed by atoms with Crippen LogP contribution in [0.1, 0.15) is 12.8 Å². The van der Waals surface area contributed by atoms with E-state index in [2.05, 4.69) is 5.32 Å². The molecule has 0 aromatic carbocycles. The average molecular weight is 146 g/mol. The van der Waals surface area contributed by atoms with E-state index in [0.29, 0.717) is 0 Å². The highest BCUT2D eigenvalue weighted by atomic mass is 35.5. The molecule has 52 valence electrons. The van der Waals surface area contributed by atoms with E-state index >= 15 is 0 Å². The maximum Gasteiger partial charge on any atom is 0.0269 e. The number of halogens is 1. The summed E-state index contributed by atoms with van der Waals surface area (Å²) in [6.45, 7) is 1.22. The van der Waals surface area contributed by atoms with Crippen molar-refractivity contribution in [3.05, 3.63) is 0 Å². The van der Waals surface area contributed by atoms with Crippen molar-refractivity contribution in [2.45, 2.75) is 18.9 Å². The maximum absolute atomic E-state index is 5.80. The van der Waals surface area contributed by atoms with Gasteiger partial charge in [0.15, 0.2) is 0 Å². The van der Waals surface area contributed by atoms with Crippen LogP contribution in [0.2, 0.25) is 0 Å². The molecule has 0 aromatic heterocycles. The minimum absolute atomic E-state index is 0.771. The van der Waals surface area contributed by atoms with Gasteiger partial charge in [0.1, 0.15) is 0 Å². The van der Waals surface area contributed by atoms with Gasteiger partial charge in [-0.05, 0) is 31.2 Å². The van der Waals surface area contributed by atoms with Crippen molar-refractivity contribution in [2.75, 3.05) is 12.4 Å². The van der Waals surface area contributed by atoms with Crippen LogP contribution in [0.3, 0.4) is 0 Å². The Labute approximate surface area is 60.8 Å². The van der Waals surface area contributed by atoms with Crippen molar-refractivity contribution in [2.24, 2.45) is 11.8 Å². The van der Waals surface area contributed by atoms with Gasteiger partial charge < -0.3 is 5.32 Å². The summed E-state index contributed by atoms with van der Waals surface area (Å²) in [6, 6.07) is 0.771. The van der Waals surface area contributed by atoms with Gasteiger partial charge in [-0.25, -0.2) is 0 Å². The van der Waals surface area contributed by atoms with Gasteiger partial charge in [-0.2, -0.15) is 0 Å². The molecular formula is C7H12ClN. The van der Waals surface area contributed by atoms with E-state index in [-0.39, 0.29) is 0 Å². The SMILES string of the molecule is ClCC1C2CCC1NC2. The van der Waals surface area contributed by atoms with Gasteiger partial charge in [-0.3, -0.25) is 0 Å². The molecular weight excluding hydrogens is 134 g/mol. The number of hydrogen-bond acceptors (Lipinski definition) is 1. The highest BCUT2D eigenvalue weighted by molar-refractivity contribution is 6.18. The number of fused-ring (bicyclic) bond motifs is 2. The van der Waals surface area contributed by atoms with Crippen LogP contribution >= 0.6 is 11.6 Å². The van der Waals surface area contributed by atoms with Crippen LogP contribution < -0.4 is 5.32 Å². The lowest BCUT2D eigenvalue weighted by Crippen LogP contribution is -2.26. The van der Waals surface area contributed by atoms with Gasteiger partial charge in [0.05, 0.1) is 0 Å². The molecule has 2 bridgehead atoms. The Morgan fingerprint density at radius 1 is 1.44 bits per heavy atom. The van der Waals surface area contributed by atoms with E-state index in [1.807, 2.05) is 0 Å². The Bertz CT molecular complexity index is 95.5. The number of rotatable bonds is 1. The van der Waals surface area contributed by atoms with E-state index in [1.165, 1.54) is 19.4 Å². The van der Waals surface area contributed by atoms with Gasteiger partial charge >= 0.3 is 0 Å². The Morgan fingerprint density at radius 3 is 2.56 bits per heavy atom. The molecule has 3 atom stereocenters. The zero-order valence-electron chi connectivity index (χ0n) is 5.44. The summed E-state index contributed by atoms with van der Waals surface area (Å²) in [5.41, 5.74) is 0. The van der Waals surface area contributed by atoms with Gasteiger partial charge in [0.2, 0.25) is 0 Å². The van der Waals surface area contributed by atoms with Crippen LogP contribution in [0.15, 0.2) is 0 Å². The zero-order valence-corrected chi connectivity index (χ0v) is 6.19. The summed E-state index contributed by atoms with van der Waals surface area (Å²) in [4.78, 5) is 0. The molecule has 1 N–H and O–H groups in total.